The van der Waals surface area contributed by atoms with Crippen molar-refractivity contribution >= 4 is 40.2 Å². The normalized spacial score (nSPS) is 17.0. The quantitative estimate of drug-likeness (QED) is 0.263. The number of fused-ring (bicyclic) bond motifs is 1. The van der Waals surface area contributed by atoms with Crippen molar-refractivity contribution in [2.24, 2.45) is 5.41 Å². The first-order valence-corrected chi connectivity index (χ1v) is 14.8. The molecule has 8 nitrogen and oxygen atoms in total. The molecule has 3 aromatic rings. The number of carbonyl (C=O) groups is 2. The lowest BCUT2D eigenvalue weighted by molar-refractivity contribution is -0.128. The molecule has 42 heavy (non-hydrogen) atoms. The number of carbonyl (C=O) groups excluding carboxylic acids is 2. The highest BCUT2D eigenvalue weighted by Gasteiger charge is 2.26. The van der Waals surface area contributed by atoms with E-state index in [9.17, 15) is 18.4 Å². The Labute approximate surface area is 243 Å². The highest BCUT2D eigenvalue weighted by atomic mass is 19.1. The molecule has 4 N–H and O–H groups in total. The number of nitrogens with zero attached hydrogens (tertiary/aromatic N) is 2. The number of hydrogen-bond donors (Lipinski definition) is 4. The lowest BCUT2D eigenvalue weighted by Gasteiger charge is -2.32. The van der Waals surface area contributed by atoms with Crippen LogP contribution in [0.5, 0.6) is 0 Å². The summed E-state index contributed by atoms with van der Waals surface area (Å²) in [5.74, 6) is -2.02. The minimum absolute atomic E-state index is 0.0944. The minimum Gasteiger partial charge on any atom is -0.371 e. The molecule has 2 amide bonds. The van der Waals surface area contributed by atoms with Crippen LogP contribution in [0.2, 0.25) is 0 Å². The number of halogens is 3. The molecule has 0 radical (unpaired) electrons. The second-order valence-electron chi connectivity index (χ2n) is 12.4. The van der Waals surface area contributed by atoms with Gasteiger partial charge in [-0.1, -0.05) is 46.1 Å². The van der Waals surface area contributed by atoms with Crippen molar-refractivity contribution in [2.75, 3.05) is 23.3 Å². The van der Waals surface area contributed by atoms with Crippen molar-refractivity contribution < 1.29 is 22.8 Å². The fourth-order valence-electron chi connectivity index (χ4n) is 5.55. The van der Waals surface area contributed by atoms with Crippen molar-refractivity contribution in [3.63, 3.8) is 0 Å². The van der Waals surface area contributed by atoms with E-state index in [0.717, 1.165) is 31.7 Å². The number of alkyl halides is 1. The van der Waals surface area contributed by atoms with Gasteiger partial charge in [0.25, 0.3) is 5.91 Å². The van der Waals surface area contributed by atoms with Crippen molar-refractivity contribution in [1.82, 2.24) is 20.6 Å². The number of imidazole rings is 1. The van der Waals surface area contributed by atoms with Crippen LogP contribution in [0.15, 0.2) is 24.3 Å². The maximum absolute atomic E-state index is 15.4. The number of aromatic nitrogens is 2. The van der Waals surface area contributed by atoms with Gasteiger partial charge in [-0.3, -0.25) is 9.59 Å². The number of amides is 2. The topological polar surface area (TPSA) is 102 Å². The van der Waals surface area contributed by atoms with Gasteiger partial charge in [0.15, 0.2) is 5.82 Å². The maximum atomic E-state index is 15.4. The monoisotopic (exact) mass is 584 g/mol. The second-order valence-corrected chi connectivity index (χ2v) is 12.4. The third-order valence-electron chi connectivity index (χ3n) is 8.08. The smallest absolute Gasteiger partial charge is 0.253 e. The first-order chi connectivity index (χ1) is 20.0. The fraction of sp³-hybridized carbons (Fsp3) is 0.516. The van der Waals surface area contributed by atoms with E-state index in [0.29, 0.717) is 48.2 Å². The van der Waals surface area contributed by atoms with E-state index in [1.165, 1.54) is 12.5 Å². The summed E-state index contributed by atoms with van der Waals surface area (Å²) < 4.78 is 44.1. The van der Waals surface area contributed by atoms with Crippen molar-refractivity contribution in [1.29, 1.82) is 0 Å². The Morgan fingerprint density at radius 3 is 2.45 bits per heavy atom. The highest BCUT2D eigenvalue weighted by molar-refractivity contribution is 6.04. The zero-order valence-electron chi connectivity index (χ0n) is 24.4. The fourth-order valence-corrected chi connectivity index (χ4v) is 5.55. The summed E-state index contributed by atoms with van der Waals surface area (Å²) in [6.07, 6.45) is 5.08. The van der Waals surface area contributed by atoms with Gasteiger partial charge in [0, 0.05) is 36.7 Å². The van der Waals surface area contributed by atoms with Gasteiger partial charge in [0.2, 0.25) is 11.9 Å². The molecule has 11 heteroatoms. The highest BCUT2D eigenvalue weighted by Crippen LogP contribution is 2.32. The molecule has 0 unspecified atom stereocenters. The molecule has 2 heterocycles. The molecular weight excluding hydrogens is 545 g/mol. The van der Waals surface area contributed by atoms with Crippen LogP contribution in [0.25, 0.3) is 11.0 Å². The molecule has 2 aliphatic rings. The van der Waals surface area contributed by atoms with E-state index in [-0.39, 0.29) is 35.9 Å². The number of H-pyrrole nitrogens is 1. The molecule has 2 aromatic carbocycles. The first-order valence-electron chi connectivity index (χ1n) is 14.8. The average Bonchev–Trinajstić information content (AvgIpc) is 3.36. The Kier molecular flexibility index (Phi) is 8.65. The molecule has 0 atom stereocenters. The van der Waals surface area contributed by atoms with Gasteiger partial charge in [-0.05, 0) is 43.9 Å². The standard InChI is InChI=1S/C31H39F3N6O2/c1-31(2,3)29(42)35-17-18-9-10-22(33)27(26(18)34)39-30-37-23-15-21(28(41)36-20-7-5-4-6-8-20)25(16-24(23)38-30)40-13-11-19(32)12-14-40/h9-10,15-16,19-20H,4-8,11-14,17H2,1-3H3,(H,35,42)(H,36,41)(H2,37,38,39). The van der Waals surface area contributed by atoms with Crippen LogP contribution in [0.1, 0.15) is 81.6 Å². The molecule has 0 bridgehead atoms. The van der Waals surface area contributed by atoms with Crippen LogP contribution in [-0.2, 0) is 11.3 Å². The lowest BCUT2D eigenvalue weighted by Crippen LogP contribution is -2.39. The Bertz CT molecular complexity index is 1450. The number of aromatic amines is 1. The molecule has 1 aromatic heterocycles. The van der Waals surface area contributed by atoms with E-state index in [2.05, 4.69) is 25.9 Å². The van der Waals surface area contributed by atoms with Gasteiger partial charge in [0.1, 0.15) is 17.7 Å². The van der Waals surface area contributed by atoms with Crippen LogP contribution in [0.3, 0.4) is 0 Å². The number of benzene rings is 2. The molecule has 1 aliphatic heterocycles. The van der Waals surface area contributed by atoms with Gasteiger partial charge >= 0.3 is 0 Å². The number of hydrogen-bond acceptors (Lipinski definition) is 5. The summed E-state index contributed by atoms with van der Waals surface area (Å²) in [5.41, 5.74) is 1.19. The molecule has 5 rings (SSSR count). The lowest BCUT2D eigenvalue weighted by atomic mass is 9.95. The Morgan fingerprint density at radius 1 is 1.05 bits per heavy atom. The molecule has 0 spiro atoms. The summed E-state index contributed by atoms with van der Waals surface area (Å²) in [4.78, 5) is 35.3. The third kappa shape index (κ3) is 6.65. The molecule has 1 aliphatic carbocycles. The Morgan fingerprint density at radius 2 is 1.76 bits per heavy atom. The SMILES string of the molecule is CC(C)(C)C(=O)NCc1ccc(F)c(Nc2nc3cc(N4CCC(F)CC4)c(C(=O)NC4CCCCC4)cc3[nH]2)c1F. The van der Waals surface area contributed by atoms with E-state index >= 15 is 4.39 Å². The summed E-state index contributed by atoms with van der Waals surface area (Å²) >= 11 is 0. The third-order valence-corrected chi connectivity index (χ3v) is 8.08. The van der Waals surface area contributed by atoms with E-state index in [4.69, 9.17) is 0 Å². The molecule has 1 saturated heterocycles. The number of nitrogens with one attached hydrogen (secondary N) is 4. The summed E-state index contributed by atoms with van der Waals surface area (Å²) in [6, 6.07) is 6.01. The Hall–Kier alpha value is -3.76. The molecule has 1 saturated carbocycles. The largest absolute Gasteiger partial charge is 0.371 e. The van der Waals surface area contributed by atoms with Crippen LogP contribution in [-0.4, -0.2) is 47.1 Å². The first kappa shape index (κ1) is 29.7. The predicted molar refractivity (Wildman–Crippen MR) is 158 cm³/mol. The zero-order valence-corrected chi connectivity index (χ0v) is 24.4. The Balaban J connectivity index is 1.43. The van der Waals surface area contributed by atoms with Gasteiger partial charge < -0.3 is 25.8 Å². The van der Waals surface area contributed by atoms with E-state index in [1.807, 2.05) is 4.90 Å². The number of anilines is 3. The van der Waals surface area contributed by atoms with Crippen molar-refractivity contribution in [3.8, 4) is 0 Å². The van der Waals surface area contributed by atoms with Gasteiger partial charge in [-0.15, -0.1) is 0 Å². The minimum atomic E-state index is -0.868. The number of piperidine rings is 1. The van der Waals surface area contributed by atoms with Gasteiger partial charge in [-0.2, -0.15) is 0 Å². The predicted octanol–water partition coefficient (Wildman–Crippen LogP) is 6.25. The van der Waals surface area contributed by atoms with Crippen LogP contribution >= 0.6 is 0 Å². The maximum Gasteiger partial charge on any atom is 0.253 e. The molecule has 2 fully saturated rings. The van der Waals surface area contributed by atoms with Crippen LogP contribution in [0, 0.1) is 17.0 Å². The van der Waals surface area contributed by atoms with E-state index < -0.39 is 28.9 Å². The van der Waals surface area contributed by atoms with Crippen molar-refractivity contribution in [3.05, 3.63) is 47.0 Å². The van der Waals surface area contributed by atoms with Crippen LogP contribution < -0.4 is 20.9 Å². The van der Waals surface area contributed by atoms with Gasteiger partial charge in [-0.25, -0.2) is 18.2 Å². The molecular formula is C31H39F3N6O2. The van der Waals surface area contributed by atoms with Crippen LogP contribution in [0.4, 0.5) is 30.5 Å². The van der Waals surface area contributed by atoms with Crippen molar-refractivity contribution in [2.45, 2.75) is 84.5 Å². The zero-order chi connectivity index (χ0) is 30.0. The summed E-state index contributed by atoms with van der Waals surface area (Å²) in [7, 11) is 0. The second kappa shape index (κ2) is 12.2. The van der Waals surface area contributed by atoms with E-state index in [1.54, 1.807) is 32.9 Å². The summed E-state index contributed by atoms with van der Waals surface area (Å²) in [6.45, 7) is 6.09. The average molecular weight is 585 g/mol. The molecule has 226 valence electrons. The number of rotatable bonds is 7. The summed E-state index contributed by atoms with van der Waals surface area (Å²) in [5, 5.41) is 8.56. The van der Waals surface area contributed by atoms with Gasteiger partial charge in [0.05, 0.1) is 22.3 Å².